The van der Waals surface area contributed by atoms with Crippen molar-refractivity contribution in [1.29, 1.82) is 0 Å². The van der Waals surface area contributed by atoms with E-state index >= 15 is 0 Å². The summed E-state index contributed by atoms with van der Waals surface area (Å²) in [6.45, 7) is 4.02. The molecule has 24 heavy (non-hydrogen) atoms. The number of amides is 1. The Bertz CT molecular complexity index is 648. The summed E-state index contributed by atoms with van der Waals surface area (Å²) < 4.78 is 31.5. The van der Waals surface area contributed by atoms with E-state index in [2.05, 4.69) is 14.9 Å². The zero-order valence-corrected chi connectivity index (χ0v) is 14.9. The molecular weight excluding hydrogens is 354 g/mol. The van der Waals surface area contributed by atoms with Crippen LogP contribution in [0.3, 0.4) is 0 Å². The van der Waals surface area contributed by atoms with Crippen LogP contribution in [0, 0.1) is 0 Å². The standard InChI is InChI=1S/C15H22ClN3O4S/c16-14-4-2-1-3-13(14)12-24(21,22)18-11-15(20)17-5-6-19-7-9-23-10-8-19/h1-4,18H,5-12H2,(H,17,20). The molecule has 1 fully saturated rings. The van der Waals surface area contributed by atoms with Crippen LogP contribution in [-0.4, -0.2) is 65.2 Å². The van der Waals surface area contributed by atoms with Crippen molar-refractivity contribution < 1.29 is 17.9 Å². The first-order valence-electron chi connectivity index (χ1n) is 7.74. The number of carbonyl (C=O) groups excluding carboxylic acids is 1. The summed E-state index contributed by atoms with van der Waals surface area (Å²) in [5.41, 5.74) is 0.499. The summed E-state index contributed by atoms with van der Waals surface area (Å²) >= 11 is 5.95. The Morgan fingerprint density at radius 2 is 1.96 bits per heavy atom. The Kier molecular flexibility index (Phi) is 7.44. The second-order valence-electron chi connectivity index (χ2n) is 5.48. The van der Waals surface area contributed by atoms with Gasteiger partial charge in [0.15, 0.2) is 0 Å². The number of rotatable bonds is 8. The van der Waals surface area contributed by atoms with E-state index in [0.717, 1.165) is 19.6 Å². The molecule has 1 aliphatic heterocycles. The topological polar surface area (TPSA) is 87.7 Å². The van der Waals surface area contributed by atoms with Crippen molar-refractivity contribution >= 4 is 27.5 Å². The molecule has 1 amide bonds. The minimum Gasteiger partial charge on any atom is -0.379 e. The lowest BCUT2D eigenvalue weighted by Gasteiger charge is -2.26. The van der Waals surface area contributed by atoms with E-state index in [-0.39, 0.29) is 18.2 Å². The van der Waals surface area contributed by atoms with Gasteiger partial charge in [-0.3, -0.25) is 9.69 Å². The Labute approximate surface area is 147 Å². The van der Waals surface area contributed by atoms with Crippen molar-refractivity contribution in [1.82, 2.24) is 14.9 Å². The van der Waals surface area contributed by atoms with Crippen molar-refractivity contribution in [3.8, 4) is 0 Å². The van der Waals surface area contributed by atoms with Gasteiger partial charge in [-0.25, -0.2) is 13.1 Å². The van der Waals surface area contributed by atoms with Crippen LogP contribution in [0.25, 0.3) is 0 Å². The molecule has 1 aromatic carbocycles. The van der Waals surface area contributed by atoms with Gasteiger partial charge < -0.3 is 10.1 Å². The Hall–Kier alpha value is -1.19. The summed E-state index contributed by atoms with van der Waals surface area (Å²) in [6, 6.07) is 6.72. The highest BCUT2D eigenvalue weighted by atomic mass is 35.5. The third kappa shape index (κ3) is 6.74. The normalized spacial score (nSPS) is 16.0. The predicted molar refractivity (Wildman–Crippen MR) is 92.3 cm³/mol. The lowest BCUT2D eigenvalue weighted by molar-refractivity contribution is -0.120. The van der Waals surface area contributed by atoms with Gasteiger partial charge in [0, 0.05) is 31.2 Å². The number of benzene rings is 1. The number of sulfonamides is 1. The van der Waals surface area contributed by atoms with Crippen LogP contribution < -0.4 is 10.0 Å². The molecule has 0 unspecified atom stereocenters. The van der Waals surface area contributed by atoms with Crippen molar-refractivity contribution in [2.45, 2.75) is 5.75 Å². The zero-order chi connectivity index (χ0) is 17.4. The van der Waals surface area contributed by atoms with E-state index in [1.54, 1.807) is 24.3 Å². The molecule has 1 aliphatic rings. The first-order chi connectivity index (χ1) is 11.5. The number of carbonyl (C=O) groups is 1. The molecule has 0 bridgehead atoms. The quantitative estimate of drug-likeness (QED) is 0.678. The Morgan fingerprint density at radius 1 is 1.25 bits per heavy atom. The minimum atomic E-state index is -3.62. The van der Waals surface area contributed by atoms with Gasteiger partial charge >= 0.3 is 0 Å². The van der Waals surface area contributed by atoms with Gasteiger partial charge in [0.2, 0.25) is 15.9 Å². The number of nitrogens with zero attached hydrogens (tertiary/aromatic N) is 1. The van der Waals surface area contributed by atoms with Crippen molar-refractivity contribution in [3.63, 3.8) is 0 Å². The predicted octanol–water partition coefficient (Wildman–Crippen LogP) is 0.208. The smallest absolute Gasteiger partial charge is 0.235 e. The first-order valence-corrected chi connectivity index (χ1v) is 9.77. The highest BCUT2D eigenvalue weighted by Gasteiger charge is 2.15. The van der Waals surface area contributed by atoms with E-state index in [4.69, 9.17) is 16.3 Å². The lowest BCUT2D eigenvalue weighted by Crippen LogP contribution is -2.43. The van der Waals surface area contributed by atoms with Crippen LogP contribution in [0.2, 0.25) is 5.02 Å². The molecule has 1 saturated heterocycles. The van der Waals surface area contributed by atoms with Gasteiger partial charge in [-0.2, -0.15) is 0 Å². The van der Waals surface area contributed by atoms with E-state index < -0.39 is 10.0 Å². The average molecular weight is 376 g/mol. The molecule has 9 heteroatoms. The monoisotopic (exact) mass is 375 g/mol. The fourth-order valence-corrected chi connectivity index (χ4v) is 3.68. The van der Waals surface area contributed by atoms with E-state index in [9.17, 15) is 13.2 Å². The number of nitrogens with one attached hydrogen (secondary N) is 2. The molecule has 0 spiro atoms. The van der Waals surface area contributed by atoms with Gasteiger partial charge in [-0.1, -0.05) is 29.8 Å². The largest absolute Gasteiger partial charge is 0.379 e. The maximum atomic E-state index is 12.0. The molecule has 1 heterocycles. The molecular formula is C15H22ClN3O4S. The van der Waals surface area contributed by atoms with Gasteiger partial charge in [0.1, 0.15) is 0 Å². The summed E-state index contributed by atoms with van der Waals surface area (Å²) in [4.78, 5) is 13.9. The maximum Gasteiger partial charge on any atom is 0.235 e. The van der Waals surface area contributed by atoms with Crippen LogP contribution in [0.5, 0.6) is 0 Å². The first kappa shape index (κ1) is 19.1. The summed E-state index contributed by atoms with van der Waals surface area (Å²) in [5.74, 6) is -0.612. The molecule has 0 atom stereocenters. The number of halogens is 1. The van der Waals surface area contributed by atoms with E-state index in [1.807, 2.05) is 0 Å². The molecule has 0 aromatic heterocycles. The molecule has 2 rings (SSSR count). The van der Waals surface area contributed by atoms with Gasteiger partial charge in [-0.15, -0.1) is 0 Å². The van der Waals surface area contributed by atoms with Crippen LogP contribution in [0.15, 0.2) is 24.3 Å². The summed E-state index contributed by atoms with van der Waals surface area (Å²) in [5, 5.41) is 3.09. The second-order valence-corrected chi connectivity index (χ2v) is 7.69. The van der Waals surface area contributed by atoms with Gasteiger partial charge in [0.25, 0.3) is 0 Å². The van der Waals surface area contributed by atoms with Crippen molar-refractivity contribution in [3.05, 3.63) is 34.9 Å². The highest BCUT2D eigenvalue weighted by Crippen LogP contribution is 2.16. The molecule has 0 aliphatic carbocycles. The number of hydrogen-bond acceptors (Lipinski definition) is 5. The number of ether oxygens (including phenoxy) is 1. The summed E-state index contributed by atoms with van der Waals surface area (Å²) in [7, 11) is -3.62. The van der Waals surface area contributed by atoms with E-state index in [1.165, 1.54) is 0 Å². The number of hydrogen-bond donors (Lipinski definition) is 2. The lowest BCUT2D eigenvalue weighted by atomic mass is 10.2. The third-order valence-electron chi connectivity index (χ3n) is 3.61. The van der Waals surface area contributed by atoms with Crippen LogP contribution in [0.4, 0.5) is 0 Å². The molecule has 0 saturated carbocycles. The third-order valence-corrected chi connectivity index (χ3v) is 5.25. The SMILES string of the molecule is O=C(CNS(=O)(=O)Cc1ccccc1Cl)NCCN1CCOCC1. The van der Waals surface area contributed by atoms with Crippen molar-refractivity contribution in [2.24, 2.45) is 0 Å². The van der Waals surface area contributed by atoms with Gasteiger partial charge in [-0.05, 0) is 11.6 Å². The second kappa shape index (κ2) is 9.33. The minimum absolute atomic E-state index is 0.256. The fourth-order valence-electron chi connectivity index (χ4n) is 2.29. The Balaban J connectivity index is 1.69. The number of morpholine rings is 1. The average Bonchev–Trinajstić information content (AvgIpc) is 2.56. The van der Waals surface area contributed by atoms with Crippen LogP contribution in [0.1, 0.15) is 5.56 Å². The molecule has 1 aromatic rings. The zero-order valence-electron chi connectivity index (χ0n) is 13.3. The highest BCUT2D eigenvalue weighted by molar-refractivity contribution is 7.88. The van der Waals surface area contributed by atoms with Gasteiger partial charge in [0.05, 0.1) is 25.5 Å². The van der Waals surface area contributed by atoms with Crippen LogP contribution in [-0.2, 0) is 25.3 Å². The molecule has 134 valence electrons. The van der Waals surface area contributed by atoms with Crippen LogP contribution >= 0.6 is 11.6 Å². The van der Waals surface area contributed by atoms with Crippen molar-refractivity contribution in [2.75, 3.05) is 45.9 Å². The molecule has 0 radical (unpaired) electrons. The maximum absolute atomic E-state index is 12.0. The Morgan fingerprint density at radius 3 is 2.67 bits per heavy atom. The molecule has 7 nitrogen and oxygen atoms in total. The molecule has 2 N–H and O–H groups in total. The fraction of sp³-hybridized carbons (Fsp3) is 0.533. The van der Waals surface area contributed by atoms with E-state index in [0.29, 0.717) is 30.3 Å². The summed E-state index contributed by atoms with van der Waals surface area (Å²) in [6.07, 6.45) is 0.